The molecule has 0 aromatic carbocycles. The lowest BCUT2D eigenvalue weighted by molar-refractivity contribution is -0.141. The second-order valence-electron chi connectivity index (χ2n) is 3.10. The van der Waals surface area contributed by atoms with Crippen molar-refractivity contribution in [3.8, 4) is 11.9 Å². The first-order valence-corrected chi connectivity index (χ1v) is 4.85. The van der Waals surface area contributed by atoms with Gasteiger partial charge in [-0.15, -0.1) is 0 Å². The molecule has 92 valence electrons. The minimum Gasteiger partial charge on any atom is -0.259 e. The van der Waals surface area contributed by atoms with E-state index in [4.69, 9.17) is 16.9 Å². The molecule has 5 nitrogen and oxygen atoms in total. The standard InChI is InChI=1S/C9H3ClF3N5/c10-8-5(3-14)7(9(11,12)13)17-18(8)6-4-15-1-2-16-6/h1-2,4H. The number of nitrogens with zero attached hydrogens (tertiary/aromatic N) is 5. The summed E-state index contributed by atoms with van der Waals surface area (Å²) in [6.45, 7) is 0. The quantitative estimate of drug-likeness (QED) is 0.799. The van der Waals surface area contributed by atoms with Gasteiger partial charge >= 0.3 is 6.18 Å². The molecule has 2 heterocycles. The maximum absolute atomic E-state index is 12.6. The highest BCUT2D eigenvalue weighted by atomic mass is 35.5. The lowest BCUT2D eigenvalue weighted by Gasteiger charge is -2.01. The van der Waals surface area contributed by atoms with Crippen LogP contribution in [-0.4, -0.2) is 19.7 Å². The monoisotopic (exact) mass is 273 g/mol. The molecule has 0 aliphatic heterocycles. The first-order chi connectivity index (χ1) is 8.45. The highest BCUT2D eigenvalue weighted by Crippen LogP contribution is 2.34. The molecular weight excluding hydrogens is 271 g/mol. The molecule has 0 aliphatic rings. The zero-order valence-electron chi connectivity index (χ0n) is 8.48. The van der Waals surface area contributed by atoms with Gasteiger partial charge in [0, 0.05) is 12.4 Å². The van der Waals surface area contributed by atoms with Crippen LogP contribution in [-0.2, 0) is 6.18 Å². The minimum atomic E-state index is -4.76. The van der Waals surface area contributed by atoms with Crippen molar-refractivity contribution >= 4 is 11.6 Å². The maximum Gasteiger partial charge on any atom is 0.436 e. The Morgan fingerprint density at radius 2 is 2.06 bits per heavy atom. The first-order valence-electron chi connectivity index (χ1n) is 4.47. The summed E-state index contributed by atoms with van der Waals surface area (Å²) in [5.41, 5.74) is -2.09. The fourth-order valence-electron chi connectivity index (χ4n) is 1.25. The van der Waals surface area contributed by atoms with Gasteiger partial charge in [0.1, 0.15) is 11.6 Å². The normalized spacial score (nSPS) is 11.3. The van der Waals surface area contributed by atoms with Gasteiger partial charge in [-0.1, -0.05) is 11.6 Å². The van der Waals surface area contributed by atoms with E-state index in [9.17, 15) is 13.2 Å². The molecule has 0 amide bonds. The van der Waals surface area contributed by atoms with E-state index in [-0.39, 0.29) is 5.82 Å². The van der Waals surface area contributed by atoms with Gasteiger partial charge in [0.05, 0.1) is 6.20 Å². The van der Waals surface area contributed by atoms with Crippen molar-refractivity contribution in [1.29, 1.82) is 5.26 Å². The second-order valence-corrected chi connectivity index (χ2v) is 3.46. The third kappa shape index (κ3) is 2.00. The molecule has 2 aromatic heterocycles. The van der Waals surface area contributed by atoms with E-state index in [0.29, 0.717) is 0 Å². The molecule has 0 bridgehead atoms. The molecule has 0 aliphatic carbocycles. The van der Waals surface area contributed by atoms with Crippen LogP contribution >= 0.6 is 11.6 Å². The number of alkyl halides is 3. The number of rotatable bonds is 1. The Morgan fingerprint density at radius 1 is 1.33 bits per heavy atom. The summed E-state index contributed by atoms with van der Waals surface area (Å²) in [5.74, 6) is -0.00509. The first kappa shape index (κ1) is 12.3. The second kappa shape index (κ2) is 4.27. The Kier molecular flexibility index (Phi) is 2.92. The van der Waals surface area contributed by atoms with Gasteiger partial charge in [-0.2, -0.15) is 23.5 Å². The van der Waals surface area contributed by atoms with Crippen LogP contribution in [0, 0.1) is 11.3 Å². The van der Waals surface area contributed by atoms with Crippen LogP contribution < -0.4 is 0 Å². The Hall–Kier alpha value is -2.14. The Labute approximate surface area is 103 Å². The maximum atomic E-state index is 12.6. The smallest absolute Gasteiger partial charge is 0.259 e. The predicted octanol–water partition coefficient (Wildman–Crippen LogP) is 2.21. The summed E-state index contributed by atoms with van der Waals surface area (Å²) in [7, 11) is 0. The molecule has 0 saturated carbocycles. The summed E-state index contributed by atoms with van der Waals surface area (Å²) < 4.78 is 38.6. The largest absolute Gasteiger partial charge is 0.436 e. The van der Waals surface area contributed by atoms with Crippen molar-refractivity contribution in [2.75, 3.05) is 0 Å². The van der Waals surface area contributed by atoms with Crippen LogP contribution in [0.1, 0.15) is 11.3 Å². The Morgan fingerprint density at radius 3 is 2.50 bits per heavy atom. The van der Waals surface area contributed by atoms with Gasteiger partial charge in [-0.3, -0.25) is 4.98 Å². The third-order valence-electron chi connectivity index (χ3n) is 1.98. The molecule has 2 aromatic rings. The molecule has 0 fully saturated rings. The van der Waals surface area contributed by atoms with Gasteiger partial charge in [-0.05, 0) is 0 Å². The van der Waals surface area contributed by atoms with E-state index in [2.05, 4.69) is 15.1 Å². The van der Waals surface area contributed by atoms with Crippen molar-refractivity contribution < 1.29 is 13.2 Å². The molecule has 2 rings (SSSR count). The predicted molar refractivity (Wildman–Crippen MR) is 53.9 cm³/mol. The summed E-state index contributed by atoms with van der Waals surface area (Å²) >= 11 is 5.68. The number of hydrogen-bond acceptors (Lipinski definition) is 4. The van der Waals surface area contributed by atoms with E-state index in [0.717, 1.165) is 4.68 Å². The van der Waals surface area contributed by atoms with Crippen LogP contribution in [0.15, 0.2) is 18.6 Å². The number of aromatic nitrogens is 4. The lowest BCUT2D eigenvalue weighted by Crippen LogP contribution is -2.09. The SMILES string of the molecule is N#Cc1c(C(F)(F)F)nn(-c2cnccn2)c1Cl. The van der Waals surface area contributed by atoms with E-state index < -0.39 is 22.6 Å². The van der Waals surface area contributed by atoms with Gasteiger partial charge in [-0.25, -0.2) is 9.67 Å². The number of hydrogen-bond donors (Lipinski definition) is 0. The van der Waals surface area contributed by atoms with Crippen LogP contribution in [0.3, 0.4) is 0 Å². The number of nitriles is 1. The summed E-state index contributed by atoms with van der Waals surface area (Å²) in [5, 5.41) is 11.5. The Bertz CT molecular complexity index is 614. The van der Waals surface area contributed by atoms with Crippen molar-refractivity contribution in [2.45, 2.75) is 6.18 Å². The molecule has 0 radical (unpaired) electrons. The molecule has 0 spiro atoms. The fraction of sp³-hybridized carbons (Fsp3) is 0.111. The van der Waals surface area contributed by atoms with E-state index in [1.165, 1.54) is 24.7 Å². The van der Waals surface area contributed by atoms with Crippen molar-refractivity contribution in [2.24, 2.45) is 0 Å². The van der Waals surface area contributed by atoms with Gasteiger partial charge < -0.3 is 0 Å². The van der Waals surface area contributed by atoms with Crippen LogP contribution in [0.2, 0.25) is 5.15 Å². The van der Waals surface area contributed by atoms with Crippen molar-refractivity contribution in [3.63, 3.8) is 0 Å². The Balaban J connectivity index is 2.66. The third-order valence-corrected chi connectivity index (χ3v) is 2.33. The van der Waals surface area contributed by atoms with E-state index >= 15 is 0 Å². The summed E-state index contributed by atoms with van der Waals surface area (Å²) in [4.78, 5) is 7.44. The zero-order valence-corrected chi connectivity index (χ0v) is 9.24. The fourth-order valence-corrected chi connectivity index (χ4v) is 1.50. The lowest BCUT2D eigenvalue weighted by atomic mass is 10.2. The zero-order chi connectivity index (χ0) is 13.3. The van der Waals surface area contributed by atoms with Crippen molar-refractivity contribution in [3.05, 3.63) is 35.0 Å². The van der Waals surface area contributed by atoms with Gasteiger partial charge in [0.2, 0.25) is 0 Å². The molecule has 0 N–H and O–H groups in total. The van der Waals surface area contributed by atoms with E-state index in [1.54, 1.807) is 0 Å². The average molecular weight is 274 g/mol. The average Bonchev–Trinajstić information content (AvgIpc) is 2.67. The van der Waals surface area contributed by atoms with Crippen LogP contribution in [0.5, 0.6) is 0 Å². The highest BCUT2D eigenvalue weighted by molar-refractivity contribution is 6.31. The summed E-state index contributed by atoms with van der Waals surface area (Å²) in [6.07, 6.45) is -0.966. The van der Waals surface area contributed by atoms with E-state index in [1.807, 2.05) is 0 Å². The molecule has 0 unspecified atom stereocenters. The highest BCUT2D eigenvalue weighted by Gasteiger charge is 2.39. The molecule has 9 heteroatoms. The molecule has 0 atom stereocenters. The van der Waals surface area contributed by atoms with Crippen molar-refractivity contribution in [1.82, 2.24) is 19.7 Å². The number of halogens is 4. The van der Waals surface area contributed by atoms with Crippen LogP contribution in [0.25, 0.3) is 5.82 Å². The van der Waals surface area contributed by atoms with Crippen LogP contribution in [0.4, 0.5) is 13.2 Å². The molecule has 18 heavy (non-hydrogen) atoms. The minimum absolute atomic E-state index is 0.00509. The molecular formula is C9H3ClF3N5. The molecule has 0 saturated heterocycles. The van der Waals surface area contributed by atoms with Gasteiger partial charge in [0.25, 0.3) is 0 Å². The van der Waals surface area contributed by atoms with Gasteiger partial charge in [0.15, 0.2) is 16.7 Å². The topological polar surface area (TPSA) is 67.4 Å². The summed E-state index contributed by atoms with van der Waals surface area (Å²) in [6, 6.07) is 1.38.